The number of rotatable bonds is 5. The maximum absolute atomic E-state index is 3.24. The Labute approximate surface area is 65.2 Å². The van der Waals surface area contributed by atoms with E-state index in [0.29, 0.717) is 6.04 Å². The highest BCUT2D eigenvalue weighted by Gasteiger charge is 2.01. The topological polar surface area (TPSA) is 12.0 Å². The van der Waals surface area contributed by atoms with E-state index in [0.717, 1.165) is 5.92 Å². The largest absolute Gasteiger partial charge is 0.317 e. The molecule has 0 spiro atoms. The Morgan fingerprint density at radius 2 is 1.80 bits per heavy atom. The molecule has 0 aliphatic heterocycles. The highest BCUT2D eigenvalue weighted by atomic mass is 14.8. The molecule has 1 N–H and O–H groups in total. The lowest BCUT2D eigenvalue weighted by Gasteiger charge is -2.12. The van der Waals surface area contributed by atoms with Gasteiger partial charge in [0.2, 0.25) is 0 Å². The molecule has 2 atom stereocenters. The molecule has 0 bridgehead atoms. The normalized spacial score (nSPS) is 16.8. The van der Waals surface area contributed by atoms with Gasteiger partial charge in [-0.05, 0) is 32.7 Å². The molecule has 0 radical (unpaired) electrons. The number of hydrogen-bond donors (Lipinski definition) is 1. The summed E-state index contributed by atoms with van der Waals surface area (Å²) in [6, 6.07) is 0.689. The highest BCUT2D eigenvalue weighted by molar-refractivity contribution is 4.59. The third-order valence-corrected chi connectivity index (χ3v) is 2.28. The van der Waals surface area contributed by atoms with Gasteiger partial charge in [0, 0.05) is 6.04 Å². The monoisotopic (exact) mass is 143 g/mol. The first kappa shape index (κ1) is 9.96. The van der Waals surface area contributed by atoms with Gasteiger partial charge in [-0.15, -0.1) is 0 Å². The van der Waals surface area contributed by atoms with Crippen molar-refractivity contribution in [3.05, 3.63) is 0 Å². The lowest BCUT2D eigenvalue weighted by atomic mass is 10.0. The average Bonchev–Trinajstić information content (AvgIpc) is 1.99. The summed E-state index contributed by atoms with van der Waals surface area (Å²) in [5.41, 5.74) is 0. The van der Waals surface area contributed by atoms with Gasteiger partial charge in [-0.3, -0.25) is 0 Å². The molecule has 0 unspecified atom stereocenters. The van der Waals surface area contributed by atoms with E-state index >= 15 is 0 Å². The van der Waals surface area contributed by atoms with Crippen molar-refractivity contribution in [2.75, 3.05) is 7.05 Å². The summed E-state index contributed by atoms with van der Waals surface area (Å²) in [5, 5.41) is 3.24. The van der Waals surface area contributed by atoms with Crippen molar-refractivity contribution in [2.45, 2.75) is 46.1 Å². The van der Waals surface area contributed by atoms with E-state index in [1.54, 1.807) is 0 Å². The molecular formula is C9H21N. The second-order valence-corrected chi connectivity index (χ2v) is 3.28. The maximum Gasteiger partial charge on any atom is 0.00358 e. The molecule has 0 aromatic heterocycles. The summed E-state index contributed by atoms with van der Waals surface area (Å²) in [5.74, 6) is 0.899. The van der Waals surface area contributed by atoms with Crippen LogP contribution in [-0.2, 0) is 0 Å². The third kappa shape index (κ3) is 4.80. The van der Waals surface area contributed by atoms with Gasteiger partial charge in [-0.2, -0.15) is 0 Å². The Bertz CT molecular complexity index is 61.1. The van der Waals surface area contributed by atoms with Crippen LogP contribution in [0, 0.1) is 5.92 Å². The molecule has 0 aromatic carbocycles. The van der Waals surface area contributed by atoms with Crippen LogP contribution in [0.1, 0.15) is 40.0 Å². The lowest BCUT2D eigenvalue weighted by Crippen LogP contribution is -2.21. The molecule has 0 heterocycles. The smallest absolute Gasteiger partial charge is 0.00358 e. The molecule has 0 saturated heterocycles. The second kappa shape index (κ2) is 5.72. The Balaban J connectivity index is 3.17. The molecule has 0 rings (SSSR count). The second-order valence-electron chi connectivity index (χ2n) is 3.28. The van der Waals surface area contributed by atoms with Crippen LogP contribution in [0.5, 0.6) is 0 Å². The van der Waals surface area contributed by atoms with Crippen LogP contribution in [0.3, 0.4) is 0 Å². The first-order chi connectivity index (χ1) is 4.70. The predicted octanol–water partition coefficient (Wildman–Crippen LogP) is 2.42. The van der Waals surface area contributed by atoms with E-state index in [9.17, 15) is 0 Å². The van der Waals surface area contributed by atoms with Crippen molar-refractivity contribution in [3.63, 3.8) is 0 Å². The van der Waals surface area contributed by atoms with Gasteiger partial charge < -0.3 is 5.32 Å². The van der Waals surface area contributed by atoms with Gasteiger partial charge >= 0.3 is 0 Å². The minimum Gasteiger partial charge on any atom is -0.317 e. The van der Waals surface area contributed by atoms with Crippen molar-refractivity contribution in [1.82, 2.24) is 5.32 Å². The van der Waals surface area contributed by atoms with Crippen LogP contribution < -0.4 is 5.32 Å². The van der Waals surface area contributed by atoms with Gasteiger partial charge in [0.1, 0.15) is 0 Å². The van der Waals surface area contributed by atoms with Crippen LogP contribution in [-0.4, -0.2) is 13.1 Å². The Morgan fingerprint density at radius 3 is 2.20 bits per heavy atom. The van der Waals surface area contributed by atoms with E-state index < -0.39 is 0 Å². The molecule has 0 saturated carbocycles. The van der Waals surface area contributed by atoms with E-state index in [-0.39, 0.29) is 0 Å². The SMILES string of the molecule is CC[C@H](C)CC[C@H](C)NC. The summed E-state index contributed by atoms with van der Waals surface area (Å²) in [7, 11) is 2.03. The quantitative estimate of drug-likeness (QED) is 0.623. The zero-order valence-electron chi connectivity index (χ0n) is 7.78. The maximum atomic E-state index is 3.24. The van der Waals surface area contributed by atoms with E-state index in [1.807, 2.05) is 7.05 Å². The third-order valence-electron chi connectivity index (χ3n) is 2.28. The average molecular weight is 143 g/mol. The molecule has 1 heteroatoms. The van der Waals surface area contributed by atoms with Crippen molar-refractivity contribution < 1.29 is 0 Å². The van der Waals surface area contributed by atoms with Crippen LogP contribution in [0.2, 0.25) is 0 Å². The van der Waals surface area contributed by atoms with Gasteiger partial charge in [0.15, 0.2) is 0 Å². The summed E-state index contributed by atoms with van der Waals surface area (Å²) in [6.45, 7) is 6.82. The molecule has 0 amide bonds. The standard InChI is InChI=1S/C9H21N/c1-5-8(2)6-7-9(3)10-4/h8-10H,5-7H2,1-4H3/t8-,9-/m0/s1. The summed E-state index contributed by atoms with van der Waals surface area (Å²) in [4.78, 5) is 0. The van der Waals surface area contributed by atoms with Gasteiger partial charge in [0.05, 0.1) is 0 Å². The van der Waals surface area contributed by atoms with Crippen molar-refractivity contribution >= 4 is 0 Å². The fraction of sp³-hybridized carbons (Fsp3) is 1.00. The van der Waals surface area contributed by atoms with Crippen LogP contribution in [0.4, 0.5) is 0 Å². The Morgan fingerprint density at radius 1 is 1.20 bits per heavy atom. The molecule has 0 aliphatic rings. The zero-order valence-corrected chi connectivity index (χ0v) is 7.78. The minimum absolute atomic E-state index is 0.689. The fourth-order valence-corrected chi connectivity index (χ4v) is 0.883. The van der Waals surface area contributed by atoms with E-state index in [4.69, 9.17) is 0 Å². The highest BCUT2D eigenvalue weighted by Crippen LogP contribution is 2.10. The molecule has 10 heavy (non-hydrogen) atoms. The van der Waals surface area contributed by atoms with Crippen molar-refractivity contribution in [1.29, 1.82) is 0 Å². The van der Waals surface area contributed by atoms with E-state index in [2.05, 4.69) is 26.1 Å². The molecule has 0 aromatic rings. The Kier molecular flexibility index (Phi) is 5.70. The molecule has 1 nitrogen and oxygen atoms in total. The summed E-state index contributed by atoms with van der Waals surface area (Å²) < 4.78 is 0. The van der Waals surface area contributed by atoms with Crippen LogP contribution >= 0.6 is 0 Å². The minimum atomic E-state index is 0.689. The predicted molar refractivity (Wildman–Crippen MR) is 47.2 cm³/mol. The Hall–Kier alpha value is -0.0400. The van der Waals surface area contributed by atoms with Crippen LogP contribution in [0.15, 0.2) is 0 Å². The summed E-state index contributed by atoms with van der Waals surface area (Å²) >= 11 is 0. The fourth-order valence-electron chi connectivity index (χ4n) is 0.883. The van der Waals surface area contributed by atoms with Gasteiger partial charge in [-0.1, -0.05) is 20.3 Å². The van der Waals surface area contributed by atoms with Gasteiger partial charge in [0.25, 0.3) is 0 Å². The lowest BCUT2D eigenvalue weighted by molar-refractivity contribution is 0.443. The zero-order chi connectivity index (χ0) is 7.98. The van der Waals surface area contributed by atoms with Crippen LogP contribution in [0.25, 0.3) is 0 Å². The molecule has 0 aliphatic carbocycles. The number of nitrogens with one attached hydrogen (secondary N) is 1. The van der Waals surface area contributed by atoms with Crippen molar-refractivity contribution in [3.8, 4) is 0 Å². The van der Waals surface area contributed by atoms with Gasteiger partial charge in [-0.25, -0.2) is 0 Å². The molecule has 62 valence electrons. The molecular weight excluding hydrogens is 122 g/mol. The number of hydrogen-bond acceptors (Lipinski definition) is 1. The first-order valence-corrected chi connectivity index (χ1v) is 4.38. The summed E-state index contributed by atoms with van der Waals surface area (Å²) in [6.07, 6.45) is 3.99. The molecule has 0 fully saturated rings. The first-order valence-electron chi connectivity index (χ1n) is 4.38. The van der Waals surface area contributed by atoms with E-state index in [1.165, 1.54) is 19.3 Å². The van der Waals surface area contributed by atoms with Crippen molar-refractivity contribution in [2.24, 2.45) is 5.92 Å².